The zero-order valence-corrected chi connectivity index (χ0v) is 13.3. The third-order valence-corrected chi connectivity index (χ3v) is 4.16. The van der Waals surface area contributed by atoms with E-state index >= 15 is 0 Å². The Kier molecular flexibility index (Phi) is 4.79. The highest BCUT2D eigenvalue weighted by Crippen LogP contribution is 2.32. The van der Waals surface area contributed by atoms with Gasteiger partial charge in [0.25, 0.3) is 0 Å². The molecule has 2 amide bonds. The van der Waals surface area contributed by atoms with Crippen molar-refractivity contribution in [3.63, 3.8) is 0 Å². The monoisotopic (exact) mass is 338 g/mol. The summed E-state index contributed by atoms with van der Waals surface area (Å²) in [7, 11) is 0. The number of carbonyl (C=O) groups is 3. The zero-order chi connectivity index (χ0) is 17.8. The van der Waals surface area contributed by atoms with Crippen molar-refractivity contribution in [2.75, 3.05) is 0 Å². The lowest BCUT2D eigenvalue weighted by Crippen LogP contribution is -2.51. The predicted molar refractivity (Wildman–Crippen MR) is 86.2 cm³/mol. The fourth-order valence-corrected chi connectivity index (χ4v) is 2.90. The Morgan fingerprint density at radius 2 is 1.76 bits per heavy atom. The predicted octanol–water partition coefficient (Wildman–Crippen LogP) is 0.762. The van der Waals surface area contributed by atoms with Crippen LogP contribution in [0.2, 0.25) is 0 Å². The Hall–Kier alpha value is -3.15. The van der Waals surface area contributed by atoms with Gasteiger partial charge in [0.15, 0.2) is 0 Å². The molecular formula is C19H16NO5-. The average Bonchev–Trinajstić information content (AvgIpc) is 2.60. The van der Waals surface area contributed by atoms with E-state index in [-0.39, 0.29) is 6.42 Å². The molecule has 1 heterocycles. The summed E-state index contributed by atoms with van der Waals surface area (Å²) in [5.41, 5.74) is 1.61. The van der Waals surface area contributed by atoms with Crippen molar-refractivity contribution in [3.8, 4) is 5.75 Å². The number of hydrogen-bond acceptors (Lipinski definition) is 5. The largest absolute Gasteiger partial charge is 0.549 e. The van der Waals surface area contributed by atoms with Crippen molar-refractivity contribution >= 4 is 17.8 Å². The minimum Gasteiger partial charge on any atom is -0.549 e. The Balaban J connectivity index is 1.73. The first-order valence-corrected chi connectivity index (χ1v) is 7.86. The Labute approximate surface area is 144 Å². The molecule has 2 atom stereocenters. The number of aliphatic carboxylic acids is 1. The number of carboxylic acids is 1. The number of carbonyl (C=O) groups excluding carboxylic acids is 3. The fraction of sp³-hybridized carbons (Fsp3) is 0.211. The van der Waals surface area contributed by atoms with Gasteiger partial charge in [-0.2, -0.15) is 0 Å². The molecule has 0 saturated carbocycles. The normalized spacial score (nSPS) is 20.0. The topological polar surface area (TPSA) is 95.5 Å². The molecule has 1 fully saturated rings. The quantitative estimate of drug-likeness (QED) is 0.641. The molecule has 0 spiro atoms. The highest BCUT2D eigenvalue weighted by molar-refractivity contribution is 6.07. The summed E-state index contributed by atoms with van der Waals surface area (Å²) in [6.45, 7) is 0.409. The number of ether oxygens (including phenoxy) is 1. The van der Waals surface area contributed by atoms with Gasteiger partial charge in [0.05, 0.1) is 11.9 Å². The molecule has 25 heavy (non-hydrogen) atoms. The van der Waals surface area contributed by atoms with Gasteiger partial charge in [-0.15, -0.1) is 0 Å². The van der Waals surface area contributed by atoms with Crippen molar-refractivity contribution in [2.45, 2.75) is 18.9 Å². The molecule has 0 radical (unpaired) electrons. The molecule has 2 unspecified atom stereocenters. The molecule has 6 heteroatoms. The number of imide groups is 1. The van der Waals surface area contributed by atoms with E-state index < -0.39 is 29.6 Å². The molecule has 0 aromatic heterocycles. The number of rotatable bonds is 5. The Morgan fingerprint density at radius 3 is 2.40 bits per heavy atom. The third-order valence-electron chi connectivity index (χ3n) is 4.16. The maximum absolute atomic E-state index is 11.8. The third kappa shape index (κ3) is 3.85. The lowest BCUT2D eigenvalue weighted by Gasteiger charge is -2.30. The van der Waals surface area contributed by atoms with Crippen LogP contribution >= 0.6 is 0 Å². The van der Waals surface area contributed by atoms with Gasteiger partial charge < -0.3 is 14.6 Å². The summed E-state index contributed by atoms with van der Waals surface area (Å²) >= 11 is 0. The zero-order valence-electron chi connectivity index (χ0n) is 13.3. The van der Waals surface area contributed by atoms with E-state index in [9.17, 15) is 19.5 Å². The van der Waals surface area contributed by atoms with Crippen LogP contribution in [0.1, 0.15) is 23.5 Å². The molecule has 2 aromatic rings. The van der Waals surface area contributed by atoms with Crippen LogP contribution in [-0.2, 0) is 21.0 Å². The molecule has 128 valence electrons. The van der Waals surface area contributed by atoms with Crippen LogP contribution in [0.4, 0.5) is 0 Å². The first kappa shape index (κ1) is 16.7. The maximum Gasteiger partial charge on any atom is 0.235 e. The Morgan fingerprint density at radius 1 is 1.08 bits per heavy atom. The smallest absolute Gasteiger partial charge is 0.235 e. The summed E-state index contributed by atoms with van der Waals surface area (Å²) in [4.78, 5) is 34.6. The average molecular weight is 338 g/mol. The summed E-state index contributed by atoms with van der Waals surface area (Å²) in [5.74, 6) is -4.31. The van der Waals surface area contributed by atoms with Crippen molar-refractivity contribution < 1.29 is 24.2 Å². The molecule has 0 aliphatic carbocycles. The van der Waals surface area contributed by atoms with E-state index in [1.807, 2.05) is 35.6 Å². The van der Waals surface area contributed by atoms with E-state index in [1.54, 1.807) is 24.3 Å². The number of benzene rings is 2. The van der Waals surface area contributed by atoms with Gasteiger partial charge in [-0.3, -0.25) is 14.9 Å². The second kappa shape index (κ2) is 7.17. The van der Waals surface area contributed by atoms with Crippen molar-refractivity contribution in [2.24, 2.45) is 5.92 Å². The first-order chi connectivity index (χ1) is 12.0. The van der Waals surface area contributed by atoms with Crippen molar-refractivity contribution in [1.82, 2.24) is 5.32 Å². The van der Waals surface area contributed by atoms with Crippen LogP contribution in [0, 0.1) is 5.92 Å². The fourth-order valence-electron chi connectivity index (χ4n) is 2.90. The van der Waals surface area contributed by atoms with E-state index in [2.05, 4.69) is 0 Å². The summed E-state index contributed by atoms with van der Waals surface area (Å²) in [6, 6.07) is 16.4. The van der Waals surface area contributed by atoms with Crippen molar-refractivity contribution in [3.05, 3.63) is 65.7 Å². The second-order valence-corrected chi connectivity index (χ2v) is 5.86. The second-order valence-electron chi connectivity index (χ2n) is 5.86. The van der Waals surface area contributed by atoms with Crippen LogP contribution in [0.25, 0.3) is 0 Å². The number of piperidine rings is 1. The lowest BCUT2D eigenvalue weighted by atomic mass is 9.80. The SMILES string of the molecule is O=C1CC(c2ccc(OCc3ccccc3)cc2)C(C(=O)[O-])C(=O)N1. The molecule has 0 bridgehead atoms. The minimum absolute atomic E-state index is 0.0748. The van der Waals surface area contributed by atoms with E-state index in [0.29, 0.717) is 17.9 Å². The molecule has 6 nitrogen and oxygen atoms in total. The van der Waals surface area contributed by atoms with E-state index in [1.165, 1.54) is 0 Å². The summed E-state index contributed by atoms with van der Waals surface area (Å²) in [6.07, 6.45) is -0.0748. The molecule has 1 aliphatic heterocycles. The maximum atomic E-state index is 11.8. The Bertz CT molecular complexity index is 785. The molecule has 1 aliphatic rings. The van der Waals surface area contributed by atoms with Gasteiger partial charge in [-0.25, -0.2) is 0 Å². The van der Waals surface area contributed by atoms with Gasteiger partial charge >= 0.3 is 0 Å². The highest BCUT2D eigenvalue weighted by Gasteiger charge is 2.37. The van der Waals surface area contributed by atoms with E-state index in [4.69, 9.17) is 4.74 Å². The number of amides is 2. The van der Waals surface area contributed by atoms with Gasteiger partial charge in [0.1, 0.15) is 12.4 Å². The summed E-state index contributed by atoms with van der Waals surface area (Å²) in [5, 5.41) is 13.3. The van der Waals surface area contributed by atoms with Crippen LogP contribution in [0.5, 0.6) is 5.75 Å². The number of carboxylic acid groups (broad SMARTS) is 1. The first-order valence-electron chi connectivity index (χ1n) is 7.86. The van der Waals surface area contributed by atoms with Gasteiger partial charge in [0.2, 0.25) is 11.8 Å². The molecule has 3 rings (SSSR count). The van der Waals surface area contributed by atoms with Crippen LogP contribution in [0.3, 0.4) is 0 Å². The highest BCUT2D eigenvalue weighted by atomic mass is 16.5. The molecule has 1 N–H and O–H groups in total. The number of hydrogen-bond donors (Lipinski definition) is 1. The van der Waals surface area contributed by atoms with Gasteiger partial charge in [-0.1, -0.05) is 42.5 Å². The van der Waals surface area contributed by atoms with Crippen LogP contribution in [-0.4, -0.2) is 17.8 Å². The standard InChI is InChI=1S/C19H17NO5/c21-16-10-15(17(19(23)24)18(22)20-16)13-6-8-14(9-7-13)25-11-12-4-2-1-3-5-12/h1-9,15,17H,10-11H2,(H,23,24)(H,20,21,22)/p-1. The van der Waals surface area contributed by atoms with Gasteiger partial charge in [-0.05, 0) is 23.3 Å². The minimum atomic E-state index is -1.49. The number of nitrogens with one attached hydrogen (secondary N) is 1. The van der Waals surface area contributed by atoms with E-state index in [0.717, 1.165) is 5.56 Å². The summed E-state index contributed by atoms with van der Waals surface area (Å²) < 4.78 is 5.68. The lowest BCUT2D eigenvalue weighted by molar-refractivity contribution is -0.310. The van der Waals surface area contributed by atoms with Gasteiger partial charge in [0, 0.05) is 12.3 Å². The van der Waals surface area contributed by atoms with Crippen LogP contribution in [0.15, 0.2) is 54.6 Å². The molecule has 1 saturated heterocycles. The van der Waals surface area contributed by atoms with Crippen LogP contribution < -0.4 is 15.2 Å². The molecular weight excluding hydrogens is 322 g/mol. The molecule has 2 aromatic carbocycles. The van der Waals surface area contributed by atoms with Crippen molar-refractivity contribution in [1.29, 1.82) is 0 Å².